The lowest BCUT2D eigenvalue weighted by atomic mass is 10.1. The highest BCUT2D eigenvalue weighted by Crippen LogP contribution is 2.31. The summed E-state index contributed by atoms with van der Waals surface area (Å²) < 4.78 is 32.7. The van der Waals surface area contributed by atoms with Crippen molar-refractivity contribution >= 4 is 32.3 Å². The van der Waals surface area contributed by atoms with Gasteiger partial charge in [0.15, 0.2) is 0 Å². The van der Waals surface area contributed by atoms with Crippen molar-refractivity contribution in [3.05, 3.63) is 66.2 Å². The van der Waals surface area contributed by atoms with E-state index in [9.17, 15) is 13.0 Å². The molecule has 3 aromatic rings. The number of hydrogen-bond acceptors (Lipinski definition) is 4. The molecular formula is C17H18N2O3S. The van der Waals surface area contributed by atoms with Crippen LogP contribution in [-0.4, -0.2) is 13.0 Å². The summed E-state index contributed by atoms with van der Waals surface area (Å²) >= 11 is 0. The molecule has 3 aromatic carbocycles. The van der Waals surface area contributed by atoms with Gasteiger partial charge in [-0.25, -0.2) is 0 Å². The van der Waals surface area contributed by atoms with Crippen LogP contribution in [0.15, 0.2) is 65.6 Å². The Kier molecular flexibility index (Phi) is 4.70. The fourth-order valence-corrected chi connectivity index (χ4v) is 3.15. The lowest BCUT2D eigenvalue weighted by Crippen LogP contribution is -2.01. The summed E-state index contributed by atoms with van der Waals surface area (Å²) in [5.41, 5.74) is 2.62. The van der Waals surface area contributed by atoms with Gasteiger partial charge in [0.25, 0.3) is 10.1 Å². The van der Waals surface area contributed by atoms with E-state index < -0.39 is 10.1 Å². The molecule has 0 aliphatic carbocycles. The van der Waals surface area contributed by atoms with E-state index in [0.29, 0.717) is 11.1 Å². The van der Waals surface area contributed by atoms with Gasteiger partial charge in [0, 0.05) is 16.8 Å². The second-order valence-electron chi connectivity index (χ2n) is 5.13. The number of aryl methyl sites for hydroxylation is 1. The molecule has 0 bridgehead atoms. The molecule has 0 saturated heterocycles. The molecule has 120 valence electrons. The minimum absolute atomic E-state index is 0. The van der Waals surface area contributed by atoms with Gasteiger partial charge in [0.1, 0.15) is 4.90 Å². The molecule has 0 aromatic heterocycles. The van der Waals surface area contributed by atoms with Crippen LogP contribution in [0.25, 0.3) is 10.8 Å². The molecule has 5 nitrogen and oxygen atoms in total. The van der Waals surface area contributed by atoms with Crippen molar-refractivity contribution < 1.29 is 13.0 Å². The number of nitrogens with one attached hydrogen (secondary N) is 1. The van der Waals surface area contributed by atoms with E-state index >= 15 is 0 Å². The first kappa shape index (κ1) is 17.0. The Morgan fingerprint density at radius 3 is 2.13 bits per heavy atom. The molecule has 23 heavy (non-hydrogen) atoms. The van der Waals surface area contributed by atoms with Gasteiger partial charge < -0.3 is 11.5 Å². The van der Waals surface area contributed by atoms with Crippen LogP contribution < -0.4 is 11.5 Å². The number of benzene rings is 3. The van der Waals surface area contributed by atoms with Crippen molar-refractivity contribution in [2.75, 3.05) is 5.32 Å². The maximum atomic E-state index is 11.6. The molecule has 0 amide bonds. The predicted octanol–water partition coefficient (Wildman–Crippen LogP) is 4.30. The third-order valence-electron chi connectivity index (χ3n) is 3.47. The number of rotatable bonds is 3. The van der Waals surface area contributed by atoms with Crippen molar-refractivity contribution in [2.45, 2.75) is 11.8 Å². The minimum Gasteiger partial charge on any atom is -0.355 e. The quantitative estimate of drug-likeness (QED) is 0.621. The monoisotopic (exact) mass is 330 g/mol. The summed E-state index contributed by atoms with van der Waals surface area (Å²) in [5, 5.41) is 4.43. The van der Waals surface area contributed by atoms with E-state index in [1.165, 1.54) is 6.07 Å². The summed E-state index contributed by atoms with van der Waals surface area (Å²) in [5.74, 6) is 0. The maximum absolute atomic E-state index is 11.6. The molecule has 0 aliphatic heterocycles. The SMILES string of the molecule is Cc1ccc(Nc2cccc3cccc(S(=O)(=O)O)c23)cc1.N. The zero-order valence-corrected chi connectivity index (χ0v) is 13.5. The summed E-state index contributed by atoms with van der Waals surface area (Å²) in [6.45, 7) is 2.00. The Morgan fingerprint density at radius 2 is 1.52 bits per heavy atom. The first-order chi connectivity index (χ1) is 10.4. The molecule has 0 aliphatic rings. The Morgan fingerprint density at radius 1 is 0.913 bits per heavy atom. The highest BCUT2D eigenvalue weighted by atomic mass is 32.2. The van der Waals surface area contributed by atoms with Gasteiger partial charge in [0.05, 0.1) is 0 Å². The molecule has 6 heteroatoms. The van der Waals surface area contributed by atoms with E-state index in [4.69, 9.17) is 0 Å². The largest absolute Gasteiger partial charge is 0.355 e. The van der Waals surface area contributed by atoms with Crippen LogP contribution in [0.1, 0.15) is 5.56 Å². The summed E-state index contributed by atoms with van der Waals surface area (Å²) in [7, 11) is -4.29. The van der Waals surface area contributed by atoms with E-state index in [2.05, 4.69) is 5.32 Å². The van der Waals surface area contributed by atoms with Gasteiger partial charge in [-0.3, -0.25) is 4.55 Å². The average molecular weight is 330 g/mol. The van der Waals surface area contributed by atoms with Gasteiger partial charge in [-0.2, -0.15) is 8.42 Å². The fourth-order valence-electron chi connectivity index (χ4n) is 2.42. The topological polar surface area (TPSA) is 101 Å². The fraction of sp³-hybridized carbons (Fsp3) is 0.0588. The minimum atomic E-state index is -4.29. The summed E-state index contributed by atoms with van der Waals surface area (Å²) in [6, 6.07) is 18.0. The highest BCUT2D eigenvalue weighted by molar-refractivity contribution is 7.86. The molecule has 0 spiro atoms. The smallest absolute Gasteiger partial charge is 0.295 e. The van der Waals surface area contributed by atoms with Gasteiger partial charge in [0.2, 0.25) is 0 Å². The Balaban J connectivity index is 0.00000192. The summed E-state index contributed by atoms with van der Waals surface area (Å²) in [6.07, 6.45) is 0. The molecule has 0 saturated carbocycles. The highest BCUT2D eigenvalue weighted by Gasteiger charge is 2.16. The van der Waals surface area contributed by atoms with Crippen LogP contribution in [0.5, 0.6) is 0 Å². The maximum Gasteiger partial charge on any atom is 0.295 e. The predicted molar refractivity (Wildman–Crippen MR) is 93.2 cm³/mol. The zero-order chi connectivity index (χ0) is 15.7. The van der Waals surface area contributed by atoms with Gasteiger partial charge in [-0.1, -0.05) is 42.0 Å². The molecule has 5 N–H and O–H groups in total. The molecule has 3 rings (SSSR count). The average Bonchev–Trinajstić information content (AvgIpc) is 2.48. The lowest BCUT2D eigenvalue weighted by Gasteiger charge is -2.12. The van der Waals surface area contributed by atoms with Crippen LogP contribution in [0, 0.1) is 6.92 Å². The number of hydrogen-bond donors (Lipinski definition) is 3. The van der Waals surface area contributed by atoms with Crippen molar-refractivity contribution in [1.29, 1.82) is 0 Å². The molecule has 0 fully saturated rings. The second-order valence-corrected chi connectivity index (χ2v) is 6.52. The van der Waals surface area contributed by atoms with E-state index in [1.54, 1.807) is 12.1 Å². The Bertz CT molecular complexity index is 930. The standard InChI is InChI=1S/C17H15NO3S.H3N/c1-12-8-10-14(11-9-12)18-15-6-2-4-13-5-3-7-16(17(13)15)22(19,20)21;/h2-11,18H,1H3,(H,19,20,21);1H3. The van der Waals surface area contributed by atoms with Crippen molar-refractivity contribution in [3.63, 3.8) is 0 Å². The first-order valence-electron chi connectivity index (χ1n) is 6.78. The van der Waals surface area contributed by atoms with E-state index in [-0.39, 0.29) is 11.0 Å². The van der Waals surface area contributed by atoms with Crippen molar-refractivity contribution in [3.8, 4) is 0 Å². The van der Waals surface area contributed by atoms with Gasteiger partial charge in [-0.05, 0) is 36.6 Å². The van der Waals surface area contributed by atoms with Crippen LogP contribution in [0.2, 0.25) is 0 Å². The Hall–Kier alpha value is -2.41. The van der Waals surface area contributed by atoms with E-state index in [1.807, 2.05) is 49.4 Å². The van der Waals surface area contributed by atoms with Crippen molar-refractivity contribution in [2.24, 2.45) is 0 Å². The third kappa shape index (κ3) is 3.50. The molecule has 0 radical (unpaired) electrons. The normalized spacial score (nSPS) is 11.0. The third-order valence-corrected chi connectivity index (χ3v) is 4.37. The molecule has 0 atom stereocenters. The van der Waals surface area contributed by atoms with Crippen LogP contribution >= 0.6 is 0 Å². The Labute approximate surface area is 135 Å². The molecule has 0 unspecified atom stereocenters. The first-order valence-corrected chi connectivity index (χ1v) is 8.22. The van der Waals surface area contributed by atoms with Crippen LogP contribution in [0.4, 0.5) is 11.4 Å². The van der Waals surface area contributed by atoms with Gasteiger partial charge >= 0.3 is 0 Å². The number of fused-ring (bicyclic) bond motifs is 1. The van der Waals surface area contributed by atoms with Crippen LogP contribution in [0.3, 0.4) is 0 Å². The molecular weight excluding hydrogens is 312 g/mol. The van der Waals surface area contributed by atoms with E-state index in [0.717, 1.165) is 16.6 Å². The lowest BCUT2D eigenvalue weighted by molar-refractivity contribution is 0.484. The molecule has 0 heterocycles. The number of anilines is 2. The second kappa shape index (κ2) is 6.37. The van der Waals surface area contributed by atoms with Crippen molar-refractivity contribution in [1.82, 2.24) is 6.15 Å². The summed E-state index contributed by atoms with van der Waals surface area (Å²) in [4.78, 5) is -0.0970. The zero-order valence-electron chi connectivity index (χ0n) is 12.7. The van der Waals surface area contributed by atoms with Crippen LogP contribution in [-0.2, 0) is 10.1 Å². The van der Waals surface area contributed by atoms with Gasteiger partial charge in [-0.15, -0.1) is 0 Å².